The molecule has 0 bridgehead atoms. The molecule has 0 spiro atoms. The second-order valence-corrected chi connectivity index (χ2v) is 5.21. The lowest BCUT2D eigenvalue weighted by molar-refractivity contribution is -0.133. The van der Waals surface area contributed by atoms with Crippen LogP contribution in [0.15, 0.2) is 24.3 Å². The van der Waals surface area contributed by atoms with Gasteiger partial charge in [0.15, 0.2) is 0 Å². The number of carbonyl (C=O) groups is 1. The highest BCUT2D eigenvalue weighted by atomic mass is 16.2. The van der Waals surface area contributed by atoms with E-state index in [1.807, 2.05) is 14.0 Å². The standard InChI is InChI=1S/C16H26N2O/c1-4-5-14-6-8-15(9-7-14)10-11-18(3)16(19)13(2)12-17/h6-9,13H,4-5,10-12,17H2,1-3H3. The first-order valence-electron chi connectivity index (χ1n) is 7.11. The number of rotatable bonds is 7. The largest absolute Gasteiger partial charge is 0.345 e. The van der Waals surface area contributed by atoms with Crippen LogP contribution in [-0.4, -0.2) is 30.9 Å². The summed E-state index contributed by atoms with van der Waals surface area (Å²) in [6, 6.07) is 8.69. The summed E-state index contributed by atoms with van der Waals surface area (Å²) in [6.45, 7) is 5.22. The van der Waals surface area contributed by atoms with Crippen molar-refractivity contribution in [3.8, 4) is 0 Å². The lowest BCUT2D eigenvalue weighted by Crippen LogP contribution is -2.36. The van der Waals surface area contributed by atoms with Crippen molar-refractivity contribution >= 4 is 5.91 Å². The molecule has 106 valence electrons. The third kappa shape index (κ3) is 5.03. The predicted octanol–water partition coefficient (Wildman–Crippen LogP) is 2.23. The predicted molar refractivity (Wildman–Crippen MR) is 80.0 cm³/mol. The fourth-order valence-electron chi connectivity index (χ4n) is 2.05. The quantitative estimate of drug-likeness (QED) is 0.819. The normalized spacial score (nSPS) is 12.2. The molecular weight excluding hydrogens is 236 g/mol. The van der Waals surface area contributed by atoms with E-state index in [9.17, 15) is 4.79 Å². The number of likely N-dealkylation sites (N-methyl/N-ethyl adjacent to an activating group) is 1. The van der Waals surface area contributed by atoms with Crippen LogP contribution in [0.25, 0.3) is 0 Å². The van der Waals surface area contributed by atoms with Gasteiger partial charge in [0.25, 0.3) is 0 Å². The van der Waals surface area contributed by atoms with Crippen molar-refractivity contribution in [3.05, 3.63) is 35.4 Å². The number of benzene rings is 1. The lowest BCUT2D eigenvalue weighted by Gasteiger charge is -2.20. The van der Waals surface area contributed by atoms with Gasteiger partial charge in [-0.05, 0) is 24.0 Å². The molecule has 1 atom stereocenters. The Bertz CT molecular complexity index is 386. The van der Waals surface area contributed by atoms with E-state index in [1.54, 1.807) is 4.90 Å². The van der Waals surface area contributed by atoms with Gasteiger partial charge < -0.3 is 10.6 Å². The number of aryl methyl sites for hydroxylation is 1. The second kappa shape index (κ2) is 7.95. The smallest absolute Gasteiger partial charge is 0.226 e. The minimum absolute atomic E-state index is 0.0862. The number of hydrogen-bond donors (Lipinski definition) is 1. The van der Waals surface area contributed by atoms with Gasteiger partial charge in [-0.1, -0.05) is 44.5 Å². The van der Waals surface area contributed by atoms with Crippen LogP contribution >= 0.6 is 0 Å². The Labute approximate surface area is 116 Å². The van der Waals surface area contributed by atoms with Crippen molar-refractivity contribution in [3.63, 3.8) is 0 Å². The SMILES string of the molecule is CCCc1ccc(CCN(C)C(=O)C(C)CN)cc1. The van der Waals surface area contributed by atoms with E-state index < -0.39 is 0 Å². The summed E-state index contributed by atoms with van der Waals surface area (Å²) >= 11 is 0. The van der Waals surface area contributed by atoms with E-state index in [0.29, 0.717) is 6.54 Å². The van der Waals surface area contributed by atoms with Crippen LogP contribution in [0.3, 0.4) is 0 Å². The van der Waals surface area contributed by atoms with Crippen LogP contribution in [-0.2, 0) is 17.6 Å². The van der Waals surface area contributed by atoms with Gasteiger partial charge in [-0.15, -0.1) is 0 Å². The molecule has 3 heteroatoms. The van der Waals surface area contributed by atoms with E-state index in [1.165, 1.54) is 17.5 Å². The van der Waals surface area contributed by atoms with Gasteiger partial charge in [0, 0.05) is 26.1 Å². The van der Waals surface area contributed by atoms with E-state index >= 15 is 0 Å². The molecule has 0 aromatic heterocycles. The summed E-state index contributed by atoms with van der Waals surface area (Å²) in [7, 11) is 1.85. The Morgan fingerprint density at radius 3 is 2.21 bits per heavy atom. The number of nitrogens with two attached hydrogens (primary N) is 1. The molecule has 0 saturated carbocycles. The van der Waals surface area contributed by atoms with Crippen molar-refractivity contribution in [1.82, 2.24) is 4.90 Å². The van der Waals surface area contributed by atoms with Crippen LogP contribution < -0.4 is 5.73 Å². The van der Waals surface area contributed by atoms with Gasteiger partial charge >= 0.3 is 0 Å². The first-order chi connectivity index (χ1) is 9.08. The molecule has 0 radical (unpaired) electrons. The van der Waals surface area contributed by atoms with Crippen molar-refractivity contribution in [2.75, 3.05) is 20.1 Å². The minimum atomic E-state index is -0.0862. The summed E-state index contributed by atoms with van der Waals surface area (Å²) in [6.07, 6.45) is 3.20. The first-order valence-corrected chi connectivity index (χ1v) is 7.11. The average molecular weight is 262 g/mol. The molecule has 0 fully saturated rings. The summed E-state index contributed by atoms with van der Waals surface area (Å²) in [5.74, 6) is 0.0435. The van der Waals surface area contributed by atoms with Gasteiger partial charge in [0.05, 0.1) is 0 Å². The molecule has 1 amide bonds. The summed E-state index contributed by atoms with van der Waals surface area (Å²) < 4.78 is 0. The van der Waals surface area contributed by atoms with Crippen LogP contribution in [0.5, 0.6) is 0 Å². The molecule has 1 unspecified atom stereocenters. The Morgan fingerprint density at radius 2 is 1.74 bits per heavy atom. The van der Waals surface area contributed by atoms with Gasteiger partial charge in [-0.2, -0.15) is 0 Å². The zero-order valence-corrected chi connectivity index (χ0v) is 12.4. The Balaban J connectivity index is 2.45. The summed E-state index contributed by atoms with van der Waals surface area (Å²) in [5.41, 5.74) is 8.18. The third-order valence-corrected chi connectivity index (χ3v) is 3.45. The van der Waals surface area contributed by atoms with Gasteiger partial charge in [0.1, 0.15) is 0 Å². The third-order valence-electron chi connectivity index (χ3n) is 3.45. The maximum Gasteiger partial charge on any atom is 0.226 e. The highest BCUT2D eigenvalue weighted by Gasteiger charge is 2.15. The van der Waals surface area contributed by atoms with Crippen LogP contribution in [0.4, 0.5) is 0 Å². The summed E-state index contributed by atoms with van der Waals surface area (Å²) in [4.78, 5) is 13.7. The molecular formula is C16H26N2O. The second-order valence-electron chi connectivity index (χ2n) is 5.21. The molecule has 1 rings (SSSR count). The number of hydrogen-bond acceptors (Lipinski definition) is 2. The molecule has 3 nitrogen and oxygen atoms in total. The van der Waals surface area contributed by atoms with E-state index in [2.05, 4.69) is 31.2 Å². The number of nitrogens with zero attached hydrogens (tertiary/aromatic N) is 1. The zero-order chi connectivity index (χ0) is 14.3. The fourth-order valence-corrected chi connectivity index (χ4v) is 2.05. The lowest BCUT2D eigenvalue weighted by atomic mass is 10.1. The Morgan fingerprint density at radius 1 is 1.21 bits per heavy atom. The zero-order valence-electron chi connectivity index (χ0n) is 12.4. The number of carbonyl (C=O) groups excluding carboxylic acids is 1. The van der Waals surface area contributed by atoms with Gasteiger partial charge in [0.2, 0.25) is 5.91 Å². The van der Waals surface area contributed by atoms with E-state index in [0.717, 1.165) is 19.4 Å². The highest BCUT2D eigenvalue weighted by Crippen LogP contribution is 2.08. The topological polar surface area (TPSA) is 46.3 Å². The highest BCUT2D eigenvalue weighted by molar-refractivity contribution is 5.78. The van der Waals surface area contributed by atoms with Crippen LogP contribution in [0, 0.1) is 5.92 Å². The molecule has 0 aliphatic carbocycles. The molecule has 2 N–H and O–H groups in total. The van der Waals surface area contributed by atoms with Gasteiger partial charge in [-0.25, -0.2) is 0 Å². The fraction of sp³-hybridized carbons (Fsp3) is 0.562. The van der Waals surface area contributed by atoms with Crippen molar-refractivity contribution < 1.29 is 4.79 Å². The van der Waals surface area contributed by atoms with Crippen LogP contribution in [0.2, 0.25) is 0 Å². The molecule has 0 aliphatic heterocycles. The molecule has 19 heavy (non-hydrogen) atoms. The Kier molecular flexibility index (Phi) is 6.57. The van der Waals surface area contributed by atoms with Gasteiger partial charge in [-0.3, -0.25) is 4.79 Å². The maximum atomic E-state index is 11.9. The van der Waals surface area contributed by atoms with Crippen molar-refractivity contribution in [1.29, 1.82) is 0 Å². The average Bonchev–Trinajstić information content (AvgIpc) is 2.44. The van der Waals surface area contributed by atoms with Crippen molar-refractivity contribution in [2.45, 2.75) is 33.1 Å². The molecule has 1 aromatic rings. The van der Waals surface area contributed by atoms with E-state index in [-0.39, 0.29) is 11.8 Å². The Hall–Kier alpha value is -1.35. The van der Waals surface area contributed by atoms with Crippen LogP contribution in [0.1, 0.15) is 31.4 Å². The molecule has 0 saturated heterocycles. The summed E-state index contributed by atoms with van der Waals surface area (Å²) in [5, 5.41) is 0. The monoisotopic (exact) mass is 262 g/mol. The maximum absolute atomic E-state index is 11.9. The molecule has 0 heterocycles. The molecule has 1 aromatic carbocycles. The molecule has 0 aliphatic rings. The number of amides is 1. The van der Waals surface area contributed by atoms with Crippen molar-refractivity contribution in [2.24, 2.45) is 11.7 Å². The van der Waals surface area contributed by atoms with E-state index in [4.69, 9.17) is 5.73 Å². The minimum Gasteiger partial charge on any atom is -0.345 e. The first kappa shape index (κ1) is 15.7.